The zero-order valence-corrected chi connectivity index (χ0v) is 11.3. The van der Waals surface area contributed by atoms with Gasteiger partial charge in [-0.1, -0.05) is 18.2 Å². The quantitative estimate of drug-likeness (QED) is 0.751. The van der Waals surface area contributed by atoms with Gasteiger partial charge in [0.2, 0.25) is 0 Å². The molecule has 0 N–H and O–H groups in total. The first-order valence-corrected chi connectivity index (χ1v) is 6.87. The van der Waals surface area contributed by atoms with E-state index in [0.717, 1.165) is 19.6 Å². The van der Waals surface area contributed by atoms with E-state index in [1.54, 1.807) is 0 Å². The van der Waals surface area contributed by atoms with Crippen LogP contribution < -0.4 is 10.6 Å². The summed E-state index contributed by atoms with van der Waals surface area (Å²) in [5.41, 5.74) is 1.43. The summed E-state index contributed by atoms with van der Waals surface area (Å²) in [5.74, 6) is 0. The van der Waals surface area contributed by atoms with Gasteiger partial charge in [-0.25, -0.2) is 0 Å². The topological polar surface area (TPSA) is 18.8 Å². The van der Waals surface area contributed by atoms with Crippen LogP contribution in [-0.4, -0.2) is 48.6 Å². The van der Waals surface area contributed by atoms with Gasteiger partial charge in [0.15, 0.2) is 0 Å². The molecule has 2 heterocycles. The minimum Gasteiger partial charge on any atom is -0.370 e. The summed E-state index contributed by atoms with van der Waals surface area (Å²) in [4.78, 5) is 9.69. The summed E-state index contributed by atoms with van der Waals surface area (Å²) in [6, 6.07) is 9.17. The number of hydrogen-bond donors (Lipinski definition) is 0. The predicted molar refractivity (Wildman–Crippen MR) is 73.8 cm³/mol. The van der Waals surface area contributed by atoms with Crippen LogP contribution in [0.5, 0.6) is 0 Å². The fourth-order valence-corrected chi connectivity index (χ4v) is 2.88. The van der Waals surface area contributed by atoms with Gasteiger partial charge >= 0.3 is 0 Å². The highest BCUT2D eigenvalue weighted by atomic mass is 15.3. The molecule has 0 amide bonds. The van der Waals surface area contributed by atoms with Gasteiger partial charge in [0.1, 0.15) is 0 Å². The van der Waals surface area contributed by atoms with Crippen molar-refractivity contribution in [2.75, 3.05) is 32.7 Å². The second-order valence-corrected chi connectivity index (χ2v) is 5.40. The first-order valence-electron chi connectivity index (χ1n) is 6.87. The van der Waals surface area contributed by atoms with Gasteiger partial charge in [0.05, 0.1) is 11.9 Å². The second kappa shape index (κ2) is 4.73. The molecule has 3 nitrogen and oxygen atoms in total. The lowest BCUT2D eigenvalue weighted by Crippen LogP contribution is -2.49. The third-order valence-corrected chi connectivity index (χ3v) is 4.04. The normalized spacial score (nSPS) is 20.2. The Kier molecular flexibility index (Phi) is 3.08. The lowest BCUT2D eigenvalue weighted by Gasteiger charge is -2.38. The van der Waals surface area contributed by atoms with Gasteiger partial charge in [0.25, 0.3) is 0 Å². The van der Waals surface area contributed by atoms with Gasteiger partial charge in [-0.3, -0.25) is 9.89 Å². The number of hydrogen-bond acceptors (Lipinski definition) is 3. The number of fused-ring (bicyclic) bond motifs is 1. The lowest BCUT2D eigenvalue weighted by atomic mass is 10.2. The number of para-hydroxylation sites is 1. The minimum atomic E-state index is 0.665. The fraction of sp³-hybridized carbons (Fsp3) is 0.533. The molecule has 1 saturated heterocycles. The van der Waals surface area contributed by atoms with Crippen molar-refractivity contribution >= 4 is 5.70 Å². The Bertz CT molecular complexity index is 539. The summed E-state index contributed by atoms with van der Waals surface area (Å²) < 4.78 is 0. The van der Waals surface area contributed by atoms with E-state index in [1.165, 1.54) is 29.4 Å². The van der Waals surface area contributed by atoms with Crippen LogP contribution in [0, 0.1) is 0 Å². The van der Waals surface area contributed by atoms with Gasteiger partial charge in [-0.05, 0) is 19.9 Å². The Morgan fingerprint density at radius 2 is 1.78 bits per heavy atom. The molecular weight excluding hydrogens is 222 g/mol. The van der Waals surface area contributed by atoms with Gasteiger partial charge < -0.3 is 4.90 Å². The Morgan fingerprint density at radius 3 is 2.50 bits per heavy atom. The van der Waals surface area contributed by atoms with Crippen LogP contribution >= 0.6 is 0 Å². The molecule has 0 atom stereocenters. The van der Waals surface area contributed by atoms with Crippen LogP contribution in [0.25, 0.3) is 5.70 Å². The molecule has 0 unspecified atom stereocenters. The summed E-state index contributed by atoms with van der Waals surface area (Å²) in [7, 11) is 0. The zero-order valence-electron chi connectivity index (χ0n) is 11.3. The molecule has 2 aliphatic rings. The average molecular weight is 243 g/mol. The molecule has 1 fully saturated rings. The van der Waals surface area contributed by atoms with E-state index in [1.807, 2.05) is 0 Å². The van der Waals surface area contributed by atoms with E-state index in [4.69, 9.17) is 0 Å². The first-order chi connectivity index (χ1) is 8.75. The molecule has 0 aliphatic carbocycles. The SMILES string of the molecule is CC(C)N1CCN(C2=c3ccccc3=NC2)CC1. The fourth-order valence-electron chi connectivity index (χ4n) is 2.88. The molecule has 0 spiro atoms. The highest BCUT2D eigenvalue weighted by Crippen LogP contribution is 2.12. The highest BCUT2D eigenvalue weighted by Gasteiger charge is 2.21. The van der Waals surface area contributed by atoms with Gasteiger partial charge in [-0.2, -0.15) is 0 Å². The smallest absolute Gasteiger partial charge is 0.0802 e. The Balaban J connectivity index is 1.82. The minimum absolute atomic E-state index is 0.665. The van der Waals surface area contributed by atoms with Crippen LogP contribution in [-0.2, 0) is 0 Å². The molecule has 3 heteroatoms. The summed E-state index contributed by atoms with van der Waals surface area (Å²) in [6.45, 7) is 10.0. The van der Waals surface area contributed by atoms with E-state index in [0.29, 0.717) is 6.04 Å². The molecule has 3 rings (SSSR count). The van der Waals surface area contributed by atoms with E-state index in [2.05, 4.69) is 52.9 Å². The monoisotopic (exact) mass is 243 g/mol. The molecule has 0 aromatic heterocycles. The molecule has 1 aromatic rings. The van der Waals surface area contributed by atoms with Crippen molar-refractivity contribution in [1.29, 1.82) is 0 Å². The highest BCUT2D eigenvalue weighted by molar-refractivity contribution is 5.47. The summed E-state index contributed by atoms with van der Waals surface area (Å²) in [5, 5.41) is 2.51. The van der Waals surface area contributed by atoms with E-state index < -0.39 is 0 Å². The molecule has 1 aromatic carbocycles. The Hall–Kier alpha value is -1.35. The van der Waals surface area contributed by atoms with E-state index >= 15 is 0 Å². The molecule has 96 valence electrons. The van der Waals surface area contributed by atoms with Crippen LogP contribution in [0.3, 0.4) is 0 Å². The lowest BCUT2D eigenvalue weighted by molar-refractivity contribution is 0.142. The number of rotatable bonds is 2. The molecule has 0 saturated carbocycles. The standard InChI is InChI=1S/C15H21N3/c1-12(2)17-7-9-18(10-8-17)15-11-16-14-6-4-3-5-13(14)15/h3-6,12H,7-11H2,1-2H3. The molecule has 18 heavy (non-hydrogen) atoms. The van der Waals surface area contributed by atoms with E-state index in [9.17, 15) is 0 Å². The summed E-state index contributed by atoms with van der Waals surface area (Å²) in [6.07, 6.45) is 0. The molecule has 0 bridgehead atoms. The van der Waals surface area contributed by atoms with E-state index in [-0.39, 0.29) is 0 Å². The second-order valence-electron chi connectivity index (χ2n) is 5.40. The maximum absolute atomic E-state index is 4.62. The Morgan fingerprint density at radius 1 is 1.06 bits per heavy atom. The number of benzene rings is 1. The molecular formula is C15H21N3. The largest absolute Gasteiger partial charge is 0.370 e. The van der Waals surface area contributed by atoms with Crippen molar-refractivity contribution in [1.82, 2.24) is 9.80 Å². The zero-order chi connectivity index (χ0) is 12.5. The van der Waals surface area contributed by atoms with Crippen molar-refractivity contribution in [3.63, 3.8) is 0 Å². The predicted octanol–water partition coefficient (Wildman–Crippen LogP) is 0.454. The van der Waals surface area contributed by atoms with Crippen molar-refractivity contribution < 1.29 is 0 Å². The first kappa shape index (κ1) is 11.7. The van der Waals surface area contributed by atoms with Gasteiger partial charge in [-0.15, -0.1) is 0 Å². The van der Waals surface area contributed by atoms with Crippen LogP contribution in [0.1, 0.15) is 13.8 Å². The maximum Gasteiger partial charge on any atom is 0.0802 e. The number of piperazine rings is 1. The average Bonchev–Trinajstić information content (AvgIpc) is 2.82. The van der Waals surface area contributed by atoms with Gasteiger partial charge in [0, 0.05) is 43.1 Å². The molecule has 2 aliphatic heterocycles. The van der Waals surface area contributed by atoms with Crippen molar-refractivity contribution in [2.24, 2.45) is 4.99 Å². The van der Waals surface area contributed by atoms with Crippen LogP contribution in [0.4, 0.5) is 0 Å². The van der Waals surface area contributed by atoms with Crippen LogP contribution in [0.15, 0.2) is 29.3 Å². The molecule has 0 radical (unpaired) electrons. The number of nitrogens with zero attached hydrogens (tertiary/aromatic N) is 3. The van der Waals surface area contributed by atoms with Crippen LogP contribution in [0.2, 0.25) is 0 Å². The van der Waals surface area contributed by atoms with Crippen molar-refractivity contribution in [3.8, 4) is 0 Å². The third-order valence-electron chi connectivity index (χ3n) is 4.04. The van der Waals surface area contributed by atoms with Crippen molar-refractivity contribution in [3.05, 3.63) is 34.8 Å². The van der Waals surface area contributed by atoms with Crippen molar-refractivity contribution in [2.45, 2.75) is 19.9 Å². The third kappa shape index (κ3) is 2.03. The maximum atomic E-state index is 4.62. The summed E-state index contributed by atoms with van der Waals surface area (Å²) >= 11 is 0. The Labute approximate surface area is 108 Å².